The van der Waals surface area contributed by atoms with Gasteiger partial charge in [-0.15, -0.1) is 0 Å². The number of carbonyl (C=O) groups is 1. The number of esters is 1. The fourth-order valence-electron chi connectivity index (χ4n) is 2.86. The zero-order valence-electron chi connectivity index (χ0n) is 15.1. The number of nitrogens with zero attached hydrogens (tertiary/aromatic N) is 1. The molecule has 1 aliphatic carbocycles. The van der Waals surface area contributed by atoms with Crippen molar-refractivity contribution in [2.75, 3.05) is 13.2 Å². The number of aliphatic imine (C=N–C) groups is 1. The van der Waals surface area contributed by atoms with Gasteiger partial charge in [-0.2, -0.15) is 0 Å². The molecule has 0 spiro atoms. The second kappa shape index (κ2) is 10.0. The minimum atomic E-state index is -0.299. The monoisotopic (exact) mass is 347 g/mol. The highest BCUT2D eigenvalue weighted by atomic mass is 16.5. The summed E-state index contributed by atoms with van der Waals surface area (Å²) in [5, 5.41) is 16.3. The van der Waals surface area contributed by atoms with Gasteiger partial charge < -0.3 is 20.5 Å². The molecule has 0 amide bonds. The number of aliphatic hydroxyl groups excluding tert-OH is 1. The van der Waals surface area contributed by atoms with Crippen molar-refractivity contribution in [3.8, 4) is 0 Å². The van der Waals surface area contributed by atoms with E-state index in [9.17, 15) is 9.90 Å². The number of ether oxygens (including phenoxy) is 1. The van der Waals surface area contributed by atoms with Crippen molar-refractivity contribution in [2.24, 2.45) is 4.99 Å². The average Bonchev–Trinajstić information content (AvgIpc) is 2.62. The lowest BCUT2D eigenvalue weighted by Crippen LogP contribution is -2.45. The first-order chi connectivity index (χ1) is 12.1. The molecule has 1 aliphatic rings. The predicted molar refractivity (Wildman–Crippen MR) is 98.6 cm³/mol. The summed E-state index contributed by atoms with van der Waals surface area (Å²) in [5.41, 5.74) is 1.59. The molecule has 0 aromatic heterocycles. The number of hydrogen-bond acceptors (Lipinski definition) is 4. The Balaban J connectivity index is 1.92. The van der Waals surface area contributed by atoms with Crippen LogP contribution in [-0.2, 0) is 11.3 Å². The van der Waals surface area contributed by atoms with Crippen molar-refractivity contribution < 1.29 is 14.6 Å². The van der Waals surface area contributed by atoms with Gasteiger partial charge in [-0.3, -0.25) is 0 Å². The largest absolute Gasteiger partial charge is 0.462 e. The Kier molecular flexibility index (Phi) is 7.73. The summed E-state index contributed by atoms with van der Waals surface area (Å²) >= 11 is 0. The van der Waals surface area contributed by atoms with Crippen molar-refractivity contribution in [2.45, 2.75) is 58.2 Å². The van der Waals surface area contributed by atoms with Gasteiger partial charge in [0.2, 0.25) is 0 Å². The smallest absolute Gasteiger partial charge is 0.338 e. The van der Waals surface area contributed by atoms with Crippen LogP contribution < -0.4 is 10.6 Å². The number of hydrogen-bond donors (Lipinski definition) is 3. The number of aliphatic hydroxyl groups is 1. The van der Waals surface area contributed by atoms with Crippen LogP contribution in [0, 0.1) is 0 Å². The molecule has 1 aromatic rings. The van der Waals surface area contributed by atoms with Crippen LogP contribution in [0.3, 0.4) is 0 Å². The molecular formula is C19H29N3O3. The number of benzene rings is 1. The van der Waals surface area contributed by atoms with Gasteiger partial charge in [0, 0.05) is 12.6 Å². The summed E-state index contributed by atoms with van der Waals surface area (Å²) < 4.78 is 4.99. The van der Waals surface area contributed by atoms with Gasteiger partial charge in [0.25, 0.3) is 0 Å². The van der Waals surface area contributed by atoms with Crippen LogP contribution in [0.5, 0.6) is 0 Å². The average molecular weight is 347 g/mol. The minimum absolute atomic E-state index is 0.157. The number of guanidine groups is 1. The molecule has 2 rings (SSSR count). The van der Waals surface area contributed by atoms with E-state index in [0.29, 0.717) is 24.8 Å². The van der Waals surface area contributed by atoms with Crippen LogP contribution in [0.25, 0.3) is 0 Å². The van der Waals surface area contributed by atoms with E-state index in [1.54, 1.807) is 19.1 Å². The molecule has 138 valence electrons. The molecule has 0 unspecified atom stereocenters. The molecular weight excluding hydrogens is 318 g/mol. The van der Waals surface area contributed by atoms with Crippen LogP contribution >= 0.6 is 0 Å². The Morgan fingerprint density at radius 3 is 2.48 bits per heavy atom. The molecule has 0 saturated heterocycles. The van der Waals surface area contributed by atoms with Gasteiger partial charge >= 0.3 is 5.97 Å². The molecule has 0 atom stereocenters. The molecule has 0 heterocycles. The van der Waals surface area contributed by atoms with E-state index in [0.717, 1.165) is 43.8 Å². The maximum Gasteiger partial charge on any atom is 0.338 e. The molecule has 0 bridgehead atoms. The first-order valence-electron chi connectivity index (χ1n) is 9.11. The zero-order valence-corrected chi connectivity index (χ0v) is 15.1. The van der Waals surface area contributed by atoms with E-state index < -0.39 is 0 Å². The van der Waals surface area contributed by atoms with Crippen molar-refractivity contribution in [3.05, 3.63) is 35.4 Å². The molecule has 6 heteroatoms. The highest BCUT2D eigenvalue weighted by Gasteiger charge is 2.19. The summed E-state index contributed by atoms with van der Waals surface area (Å²) in [4.78, 5) is 16.3. The summed E-state index contributed by atoms with van der Waals surface area (Å²) in [6, 6.07) is 7.69. The minimum Gasteiger partial charge on any atom is -0.462 e. The lowest BCUT2D eigenvalue weighted by Gasteiger charge is -2.27. The van der Waals surface area contributed by atoms with Crippen molar-refractivity contribution in [1.29, 1.82) is 0 Å². The fraction of sp³-hybridized carbons (Fsp3) is 0.579. The van der Waals surface area contributed by atoms with Crippen LogP contribution in [0.1, 0.15) is 55.5 Å². The van der Waals surface area contributed by atoms with Gasteiger partial charge in [0.15, 0.2) is 5.96 Å². The van der Waals surface area contributed by atoms with Crippen molar-refractivity contribution in [3.63, 3.8) is 0 Å². The maximum absolute atomic E-state index is 11.7. The van der Waals surface area contributed by atoms with Gasteiger partial charge in [0.1, 0.15) is 0 Å². The fourth-order valence-corrected chi connectivity index (χ4v) is 2.86. The Morgan fingerprint density at radius 2 is 1.88 bits per heavy atom. The third-order valence-corrected chi connectivity index (χ3v) is 4.27. The number of carbonyl (C=O) groups excluding carboxylic acids is 1. The van der Waals surface area contributed by atoms with Crippen LogP contribution in [0.15, 0.2) is 29.3 Å². The molecule has 6 nitrogen and oxygen atoms in total. The lowest BCUT2D eigenvalue weighted by atomic mass is 9.93. The second-order valence-corrected chi connectivity index (χ2v) is 6.26. The van der Waals surface area contributed by atoms with Crippen molar-refractivity contribution in [1.82, 2.24) is 10.6 Å². The highest BCUT2D eigenvalue weighted by Crippen LogP contribution is 2.18. The van der Waals surface area contributed by atoms with Gasteiger partial charge in [0.05, 0.1) is 24.8 Å². The molecule has 0 aliphatic heterocycles. The van der Waals surface area contributed by atoms with E-state index >= 15 is 0 Å². The summed E-state index contributed by atoms with van der Waals surface area (Å²) in [7, 11) is 0. The first kappa shape index (κ1) is 19.2. The Bertz CT molecular complexity index is 564. The number of rotatable bonds is 6. The van der Waals surface area contributed by atoms with Gasteiger partial charge in [-0.1, -0.05) is 12.1 Å². The Morgan fingerprint density at radius 1 is 1.20 bits per heavy atom. The third-order valence-electron chi connectivity index (χ3n) is 4.27. The van der Waals surface area contributed by atoms with Crippen LogP contribution in [0.4, 0.5) is 0 Å². The van der Waals surface area contributed by atoms with Gasteiger partial charge in [-0.05, 0) is 57.2 Å². The first-order valence-corrected chi connectivity index (χ1v) is 9.11. The highest BCUT2D eigenvalue weighted by molar-refractivity contribution is 5.89. The summed E-state index contributed by atoms with van der Waals surface area (Å²) in [6.07, 6.45) is 3.44. The van der Waals surface area contributed by atoms with Crippen LogP contribution in [-0.4, -0.2) is 42.3 Å². The molecule has 0 radical (unpaired) electrons. The Labute approximate surface area is 149 Å². The van der Waals surface area contributed by atoms with E-state index in [1.807, 2.05) is 19.1 Å². The van der Waals surface area contributed by atoms with E-state index in [-0.39, 0.29) is 12.1 Å². The molecule has 1 aromatic carbocycles. The van der Waals surface area contributed by atoms with Gasteiger partial charge in [-0.25, -0.2) is 9.79 Å². The number of nitrogens with one attached hydrogen (secondary N) is 2. The SMILES string of the molecule is CCNC(=NCc1ccc(C(=O)OCC)cc1)NC1CCC(O)CC1. The topological polar surface area (TPSA) is 83.0 Å². The quantitative estimate of drug-likeness (QED) is 0.417. The Hall–Kier alpha value is -2.08. The summed E-state index contributed by atoms with van der Waals surface area (Å²) in [5.74, 6) is 0.491. The molecule has 1 saturated carbocycles. The normalized spacial score (nSPS) is 20.8. The predicted octanol–water partition coefficient (Wildman–Crippen LogP) is 2.22. The summed E-state index contributed by atoms with van der Waals surface area (Å²) in [6.45, 7) is 5.54. The second-order valence-electron chi connectivity index (χ2n) is 6.26. The third kappa shape index (κ3) is 6.38. The van der Waals surface area contributed by atoms with Crippen LogP contribution in [0.2, 0.25) is 0 Å². The lowest BCUT2D eigenvalue weighted by molar-refractivity contribution is 0.0526. The van der Waals surface area contributed by atoms with E-state index in [1.165, 1.54) is 0 Å². The molecule has 3 N–H and O–H groups in total. The zero-order chi connectivity index (χ0) is 18.1. The standard InChI is InChI=1S/C19H29N3O3/c1-3-20-19(22-16-9-11-17(23)12-10-16)21-13-14-5-7-15(8-6-14)18(24)25-4-2/h5-8,16-17,23H,3-4,9-13H2,1-2H3,(H2,20,21,22). The molecule has 1 fully saturated rings. The maximum atomic E-state index is 11.7. The van der Waals surface area contributed by atoms with E-state index in [2.05, 4.69) is 15.6 Å². The van der Waals surface area contributed by atoms with Crippen molar-refractivity contribution >= 4 is 11.9 Å². The molecule has 25 heavy (non-hydrogen) atoms. The van der Waals surface area contributed by atoms with E-state index in [4.69, 9.17) is 4.74 Å².